The molecule has 0 spiro atoms. The molecule has 0 aliphatic rings. The van der Waals surface area contributed by atoms with Gasteiger partial charge in [0, 0.05) is 5.69 Å². The minimum atomic E-state index is -4.33. The first-order valence-corrected chi connectivity index (χ1v) is 9.54. The van der Waals surface area contributed by atoms with Crippen molar-refractivity contribution in [2.24, 2.45) is 0 Å². The van der Waals surface area contributed by atoms with E-state index in [0.29, 0.717) is 0 Å². The van der Waals surface area contributed by atoms with Crippen molar-refractivity contribution in [3.8, 4) is 0 Å². The minimum absolute atomic E-state index is 0.0695. The van der Waals surface area contributed by atoms with Crippen molar-refractivity contribution in [3.63, 3.8) is 0 Å². The summed E-state index contributed by atoms with van der Waals surface area (Å²) in [6.07, 6.45) is 0. The highest BCUT2D eigenvalue weighted by Crippen LogP contribution is 2.24. The van der Waals surface area contributed by atoms with Gasteiger partial charge in [-0.3, -0.25) is 9.52 Å². The van der Waals surface area contributed by atoms with Crippen LogP contribution in [0.25, 0.3) is 0 Å². The minimum Gasteiger partial charge on any atom is -0.465 e. The van der Waals surface area contributed by atoms with Gasteiger partial charge in [-0.25, -0.2) is 18.0 Å². The zero-order chi connectivity index (χ0) is 21.6. The van der Waals surface area contributed by atoms with Gasteiger partial charge in [-0.05, 0) is 36.4 Å². The number of carbonyl (C=O) groups excluding carboxylic acids is 3. The summed E-state index contributed by atoms with van der Waals surface area (Å²) in [7, 11) is -2.11. The van der Waals surface area contributed by atoms with Crippen LogP contribution in [0, 0.1) is 0 Å². The number of carbonyl (C=O) groups is 3. The van der Waals surface area contributed by atoms with Crippen molar-refractivity contribution in [2.75, 3.05) is 30.9 Å². The van der Waals surface area contributed by atoms with Crippen LogP contribution in [0.1, 0.15) is 20.7 Å². The van der Waals surface area contributed by atoms with Gasteiger partial charge in [0.2, 0.25) is 5.91 Å². The number of benzene rings is 2. The average Bonchev–Trinajstić information content (AvgIpc) is 2.71. The molecule has 2 aromatic carbocycles. The van der Waals surface area contributed by atoms with Gasteiger partial charge in [0.25, 0.3) is 10.0 Å². The predicted octanol–water partition coefficient (Wildman–Crippen LogP) is 0.991. The van der Waals surface area contributed by atoms with Crippen molar-refractivity contribution in [3.05, 3.63) is 53.6 Å². The van der Waals surface area contributed by atoms with Crippen LogP contribution in [0.2, 0.25) is 0 Å². The zero-order valence-electron chi connectivity index (χ0n) is 15.5. The summed E-state index contributed by atoms with van der Waals surface area (Å²) in [5, 5.41) is 11.2. The van der Waals surface area contributed by atoms with Crippen molar-refractivity contribution in [1.29, 1.82) is 0 Å². The van der Waals surface area contributed by atoms with E-state index in [1.54, 1.807) is 0 Å². The van der Waals surface area contributed by atoms with Crippen LogP contribution in [0.4, 0.5) is 11.4 Å². The topological polar surface area (TPSA) is 148 Å². The van der Waals surface area contributed by atoms with E-state index in [0.717, 1.165) is 26.4 Å². The lowest BCUT2D eigenvalue weighted by molar-refractivity contribution is -0.118. The number of hydrogen-bond donors (Lipinski definition) is 3. The first kappa shape index (κ1) is 21.9. The molecule has 0 aromatic heterocycles. The van der Waals surface area contributed by atoms with E-state index in [-0.39, 0.29) is 22.5 Å². The number of nitrogens with one attached hydrogen (secondary N) is 2. The van der Waals surface area contributed by atoms with E-state index in [4.69, 9.17) is 5.11 Å². The molecular weight excluding hydrogens is 404 g/mol. The van der Waals surface area contributed by atoms with Crippen molar-refractivity contribution in [1.82, 2.24) is 0 Å². The van der Waals surface area contributed by atoms with E-state index in [1.807, 2.05) is 0 Å². The second-order valence-electron chi connectivity index (χ2n) is 5.59. The Kier molecular flexibility index (Phi) is 6.91. The van der Waals surface area contributed by atoms with E-state index in [9.17, 15) is 22.8 Å². The Labute approximate surface area is 166 Å². The Morgan fingerprint density at radius 1 is 0.966 bits per heavy atom. The van der Waals surface area contributed by atoms with Crippen LogP contribution in [0.5, 0.6) is 0 Å². The van der Waals surface area contributed by atoms with E-state index in [1.165, 1.54) is 30.3 Å². The number of esters is 2. The molecule has 2 aromatic rings. The standard InChI is InChI=1S/C18H18N2O8S/c1-27-17(23)11-6-7-14(18(24)28-2)15(8-11)29(25,26)20-13-5-3-4-12(9-13)19-16(22)10-21/h3-9,20-21H,10H2,1-2H3,(H,19,22). The van der Waals surface area contributed by atoms with Gasteiger partial charge < -0.3 is 19.9 Å². The highest BCUT2D eigenvalue weighted by atomic mass is 32.2. The van der Waals surface area contributed by atoms with Gasteiger partial charge in [0.15, 0.2) is 0 Å². The number of ether oxygens (including phenoxy) is 2. The molecule has 0 unspecified atom stereocenters. The van der Waals surface area contributed by atoms with Crippen LogP contribution >= 0.6 is 0 Å². The third-order valence-corrected chi connectivity index (χ3v) is 5.06. The molecule has 154 valence electrons. The summed E-state index contributed by atoms with van der Waals surface area (Å²) in [4.78, 5) is 34.6. The summed E-state index contributed by atoms with van der Waals surface area (Å²) < 4.78 is 37.2. The van der Waals surface area contributed by atoms with Crippen LogP contribution in [-0.2, 0) is 24.3 Å². The smallest absolute Gasteiger partial charge is 0.339 e. The Hall–Kier alpha value is -3.44. The summed E-state index contributed by atoms with van der Waals surface area (Å²) in [6.45, 7) is -0.737. The van der Waals surface area contributed by atoms with E-state index >= 15 is 0 Å². The van der Waals surface area contributed by atoms with Crippen LogP contribution < -0.4 is 10.0 Å². The lowest BCUT2D eigenvalue weighted by atomic mass is 10.1. The second-order valence-corrected chi connectivity index (χ2v) is 7.24. The number of rotatable bonds is 7. The number of methoxy groups -OCH3 is 2. The predicted molar refractivity (Wildman–Crippen MR) is 102 cm³/mol. The monoisotopic (exact) mass is 422 g/mol. The molecular formula is C18H18N2O8S. The fraction of sp³-hybridized carbons (Fsp3) is 0.167. The molecule has 10 nitrogen and oxygen atoms in total. The highest BCUT2D eigenvalue weighted by molar-refractivity contribution is 7.92. The average molecular weight is 422 g/mol. The van der Waals surface area contributed by atoms with Gasteiger partial charge in [0.1, 0.15) is 11.5 Å². The van der Waals surface area contributed by atoms with Gasteiger partial charge in [-0.15, -0.1) is 0 Å². The lowest BCUT2D eigenvalue weighted by Gasteiger charge is -2.13. The molecule has 2 rings (SSSR count). The lowest BCUT2D eigenvalue weighted by Crippen LogP contribution is -2.19. The molecule has 0 aliphatic heterocycles. The Morgan fingerprint density at radius 3 is 2.24 bits per heavy atom. The molecule has 0 bridgehead atoms. The molecule has 0 saturated heterocycles. The van der Waals surface area contributed by atoms with Crippen molar-refractivity contribution < 1.29 is 37.4 Å². The molecule has 0 atom stereocenters. The SMILES string of the molecule is COC(=O)c1ccc(C(=O)OC)c(S(=O)(=O)Nc2cccc(NC(=O)CO)c2)c1. The molecule has 29 heavy (non-hydrogen) atoms. The molecule has 0 aliphatic carbocycles. The van der Waals surface area contributed by atoms with Crippen molar-refractivity contribution in [2.45, 2.75) is 4.90 Å². The summed E-state index contributed by atoms with van der Waals surface area (Å²) in [5.74, 6) is -2.37. The van der Waals surface area contributed by atoms with Gasteiger partial charge in [-0.2, -0.15) is 0 Å². The number of sulfonamides is 1. The third kappa shape index (κ3) is 5.30. The van der Waals surface area contributed by atoms with Crippen LogP contribution in [0.3, 0.4) is 0 Å². The normalized spacial score (nSPS) is 10.7. The summed E-state index contributed by atoms with van der Waals surface area (Å²) in [6, 6.07) is 9.06. The van der Waals surface area contributed by atoms with Gasteiger partial charge in [-0.1, -0.05) is 6.07 Å². The molecule has 0 radical (unpaired) electrons. The van der Waals surface area contributed by atoms with E-state index in [2.05, 4.69) is 19.5 Å². The number of aliphatic hydroxyl groups excluding tert-OH is 1. The fourth-order valence-electron chi connectivity index (χ4n) is 2.34. The Balaban J connectivity index is 2.46. The van der Waals surface area contributed by atoms with Crippen molar-refractivity contribution >= 4 is 39.2 Å². The Morgan fingerprint density at radius 2 is 1.62 bits per heavy atom. The molecule has 0 saturated carbocycles. The zero-order valence-corrected chi connectivity index (χ0v) is 16.3. The number of amides is 1. The quantitative estimate of drug-likeness (QED) is 0.560. The molecule has 3 N–H and O–H groups in total. The molecule has 0 heterocycles. The van der Waals surface area contributed by atoms with E-state index < -0.39 is 39.4 Å². The van der Waals surface area contributed by atoms with Gasteiger partial charge in [0.05, 0.1) is 31.0 Å². The maximum Gasteiger partial charge on any atom is 0.339 e. The largest absolute Gasteiger partial charge is 0.465 e. The highest BCUT2D eigenvalue weighted by Gasteiger charge is 2.25. The molecule has 1 amide bonds. The molecule has 0 fully saturated rings. The third-order valence-electron chi connectivity index (χ3n) is 3.64. The first-order valence-electron chi connectivity index (χ1n) is 8.06. The molecule has 11 heteroatoms. The maximum atomic E-state index is 12.9. The maximum absolute atomic E-state index is 12.9. The fourth-order valence-corrected chi connectivity index (χ4v) is 3.61. The first-order chi connectivity index (χ1) is 13.7. The van der Waals surface area contributed by atoms with Crippen LogP contribution in [-0.4, -0.2) is 52.2 Å². The summed E-state index contributed by atoms with van der Waals surface area (Å²) >= 11 is 0. The Bertz CT molecular complexity index is 1050. The second kappa shape index (κ2) is 9.17. The number of hydrogen-bond acceptors (Lipinski definition) is 8. The van der Waals surface area contributed by atoms with Gasteiger partial charge >= 0.3 is 11.9 Å². The van der Waals surface area contributed by atoms with Crippen LogP contribution in [0.15, 0.2) is 47.4 Å². The number of anilines is 2. The summed E-state index contributed by atoms with van der Waals surface area (Å²) in [5.41, 5.74) is -0.0531. The number of aliphatic hydroxyl groups is 1.